The van der Waals surface area contributed by atoms with Gasteiger partial charge in [-0.25, -0.2) is 9.37 Å². The topological polar surface area (TPSA) is 90.5 Å². The molecule has 0 spiro atoms. The summed E-state index contributed by atoms with van der Waals surface area (Å²) in [6.45, 7) is 4.10. The number of nitriles is 1. The number of pyridine rings is 1. The number of aromatic nitrogens is 3. The van der Waals surface area contributed by atoms with Crippen LogP contribution >= 0.6 is 23.2 Å². The highest BCUT2D eigenvalue weighted by molar-refractivity contribution is 6.38. The molecule has 2 fully saturated rings. The molecule has 2 aromatic heterocycles. The number of halogens is 3. The van der Waals surface area contributed by atoms with Crippen molar-refractivity contribution < 1.29 is 13.9 Å². The summed E-state index contributed by atoms with van der Waals surface area (Å²) < 4.78 is 25.8. The lowest BCUT2D eigenvalue weighted by molar-refractivity contribution is -0.130. The van der Waals surface area contributed by atoms with E-state index in [1.165, 1.54) is 0 Å². The van der Waals surface area contributed by atoms with E-state index in [0.717, 1.165) is 24.8 Å². The van der Waals surface area contributed by atoms with E-state index in [-0.39, 0.29) is 52.7 Å². The number of fused-ring (bicyclic) bond motifs is 4. The molecule has 52 heavy (non-hydrogen) atoms. The first-order valence-corrected chi connectivity index (χ1v) is 18.5. The fraction of sp³-hybridized carbons (Fsp3) is 0.400. The summed E-state index contributed by atoms with van der Waals surface area (Å²) in [5.41, 5.74) is 1.56. The third-order valence-electron chi connectivity index (χ3n) is 10.6. The first kappa shape index (κ1) is 36.1. The molecule has 4 atom stereocenters. The lowest BCUT2D eigenvalue weighted by Crippen LogP contribution is -2.46. The molecule has 0 bridgehead atoms. The second-order valence-electron chi connectivity index (χ2n) is 14.3. The number of carbonyl (C=O) groups excluding carboxylic acids is 1. The number of likely N-dealkylation sites (N-methyl/N-ethyl adjacent to an activating group) is 2. The molecule has 0 aliphatic carbocycles. The molecule has 270 valence electrons. The molecule has 7 rings (SSSR count). The van der Waals surface area contributed by atoms with Gasteiger partial charge in [-0.05, 0) is 83.4 Å². The summed E-state index contributed by atoms with van der Waals surface area (Å²) in [6.07, 6.45) is 8.29. The van der Waals surface area contributed by atoms with E-state index in [0.29, 0.717) is 64.1 Å². The zero-order valence-corrected chi connectivity index (χ0v) is 31.3. The van der Waals surface area contributed by atoms with E-state index in [9.17, 15) is 10.1 Å². The summed E-state index contributed by atoms with van der Waals surface area (Å²) in [6, 6.07) is 14.9. The summed E-state index contributed by atoms with van der Waals surface area (Å²) >= 11 is 13.7. The van der Waals surface area contributed by atoms with Crippen molar-refractivity contribution in [2.24, 2.45) is 0 Å². The molecule has 3 aromatic carbocycles. The molecular weight excluding hydrogens is 700 g/mol. The zero-order valence-electron chi connectivity index (χ0n) is 29.8. The molecular formula is C40H42Cl2FN7O2. The number of nitrogens with zero attached hydrogens (tertiary/aromatic N) is 7. The van der Waals surface area contributed by atoms with Crippen molar-refractivity contribution in [3.8, 4) is 23.1 Å². The van der Waals surface area contributed by atoms with Gasteiger partial charge in [0.2, 0.25) is 11.8 Å². The van der Waals surface area contributed by atoms with Gasteiger partial charge in [0.1, 0.15) is 11.6 Å². The maximum absolute atomic E-state index is 17.2. The van der Waals surface area contributed by atoms with Gasteiger partial charge in [-0.15, -0.1) is 0 Å². The SMILES string of the molecule is C[C@H](Oc1nc2c(F)c(-c3cccc4cccc(Cl)c34)c(Cl)cc2c2c1cnn2[C@H]1CCN(C(=O)/C=C/CN(C)C)[C@H](CC#N)C1)C1CCCN1C. The normalized spacial score (nSPS) is 20.4. The lowest BCUT2D eigenvalue weighted by Gasteiger charge is -2.38. The monoisotopic (exact) mass is 741 g/mol. The molecule has 4 heterocycles. The summed E-state index contributed by atoms with van der Waals surface area (Å²) in [7, 11) is 5.97. The van der Waals surface area contributed by atoms with Gasteiger partial charge in [-0.1, -0.05) is 59.6 Å². The van der Waals surface area contributed by atoms with Crippen LogP contribution in [0.4, 0.5) is 4.39 Å². The quantitative estimate of drug-likeness (QED) is 0.141. The number of benzene rings is 3. The zero-order chi connectivity index (χ0) is 36.7. The highest BCUT2D eigenvalue weighted by Gasteiger charge is 2.35. The average molecular weight is 743 g/mol. The van der Waals surface area contributed by atoms with E-state index < -0.39 is 5.82 Å². The minimum Gasteiger partial charge on any atom is -0.472 e. The number of likely N-dealkylation sites (tertiary alicyclic amines) is 2. The smallest absolute Gasteiger partial charge is 0.246 e. The van der Waals surface area contributed by atoms with E-state index in [1.54, 1.807) is 29.3 Å². The number of amides is 1. The average Bonchev–Trinajstić information content (AvgIpc) is 3.76. The number of hydrogen-bond donors (Lipinski definition) is 0. The van der Waals surface area contributed by atoms with E-state index in [1.807, 2.05) is 67.0 Å². The van der Waals surface area contributed by atoms with Gasteiger partial charge in [0.05, 0.1) is 40.7 Å². The number of carbonyl (C=O) groups is 1. The van der Waals surface area contributed by atoms with Crippen molar-refractivity contribution in [1.29, 1.82) is 5.26 Å². The van der Waals surface area contributed by atoms with Crippen LogP contribution < -0.4 is 4.74 Å². The first-order valence-electron chi connectivity index (χ1n) is 17.8. The highest BCUT2D eigenvalue weighted by Crippen LogP contribution is 2.44. The van der Waals surface area contributed by atoms with Crippen molar-refractivity contribution in [2.75, 3.05) is 40.8 Å². The van der Waals surface area contributed by atoms with Crippen molar-refractivity contribution in [1.82, 2.24) is 29.5 Å². The second-order valence-corrected chi connectivity index (χ2v) is 15.1. The molecule has 12 heteroatoms. The Bertz CT molecular complexity index is 2230. The van der Waals surface area contributed by atoms with E-state index in [4.69, 9.17) is 38.0 Å². The Labute approximate surface area is 313 Å². The van der Waals surface area contributed by atoms with Crippen LogP contribution in [0.25, 0.3) is 43.7 Å². The number of ether oxygens (including phenoxy) is 1. The largest absolute Gasteiger partial charge is 0.472 e. The molecule has 2 aliphatic rings. The third kappa shape index (κ3) is 6.71. The van der Waals surface area contributed by atoms with Gasteiger partial charge in [-0.2, -0.15) is 10.4 Å². The van der Waals surface area contributed by atoms with Crippen LogP contribution in [0.1, 0.15) is 45.1 Å². The van der Waals surface area contributed by atoms with E-state index >= 15 is 4.39 Å². The summed E-state index contributed by atoms with van der Waals surface area (Å²) in [5, 5.41) is 18.1. The van der Waals surface area contributed by atoms with Crippen molar-refractivity contribution >= 4 is 61.7 Å². The molecule has 2 saturated heterocycles. The molecule has 1 unspecified atom stereocenters. The van der Waals surface area contributed by atoms with Crippen LogP contribution in [0.15, 0.2) is 60.8 Å². The van der Waals surface area contributed by atoms with Gasteiger partial charge in [0, 0.05) is 52.6 Å². The minimum absolute atomic E-state index is 0.114. The fourth-order valence-electron chi connectivity index (χ4n) is 8.05. The molecule has 0 radical (unpaired) electrons. The van der Waals surface area contributed by atoms with Crippen molar-refractivity contribution in [2.45, 2.75) is 63.3 Å². The predicted molar refractivity (Wildman–Crippen MR) is 205 cm³/mol. The lowest BCUT2D eigenvalue weighted by atomic mass is 9.94. The van der Waals surface area contributed by atoms with Gasteiger partial charge in [0.25, 0.3) is 0 Å². The molecule has 0 N–H and O–H groups in total. The van der Waals surface area contributed by atoms with Crippen LogP contribution in [0.5, 0.6) is 5.88 Å². The minimum atomic E-state index is -0.577. The summed E-state index contributed by atoms with van der Waals surface area (Å²) in [5.74, 6) is -0.388. The van der Waals surface area contributed by atoms with Gasteiger partial charge < -0.3 is 14.5 Å². The Balaban J connectivity index is 1.36. The maximum Gasteiger partial charge on any atom is 0.246 e. The second kappa shape index (κ2) is 15.0. The molecule has 2 aliphatic heterocycles. The Morgan fingerprint density at radius 3 is 2.67 bits per heavy atom. The van der Waals surface area contributed by atoms with Crippen LogP contribution in [-0.4, -0.2) is 94.3 Å². The highest BCUT2D eigenvalue weighted by atomic mass is 35.5. The fourth-order valence-corrected chi connectivity index (χ4v) is 8.63. The Kier molecular flexibility index (Phi) is 10.4. The van der Waals surface area contributed by atoms with Gasteiger partial charge in [0.15, 0.2) is 5.82 Å². The Morgan fingerprint density at radius 2 is 1.94 bits per heavy atom. The van der Waals surface area contributed by atoms with Crippen LogP contribution in [0.2, 0.25) is 10.0 Å². The Morgan fingerprint density at radius 1 is 1.15 bits per heavy atom. The van der Waals surface area contributed by atoms with Crippen LogP contribution in [-0.2, 0) is 4.79 Å². The van der Waals surface area contributed by atoms with E-state index in [2.05, 4.69) is 18.0 Å². The van der Waals surface area contributed by atoms with Crippen LogP contribution in [0, 0.1) is 17.1 Å². The first-order chi connectivity index (χ1) is 25.1. The van der Waals surface area contributed by atoms with Crippen molar-refractivity contribution in [3.05, 3.63) is 76.7 Å². The number of rotatable bonds is 9. The third-order valence-corrected chi connectivity index (χ3v) is 11.2. The van der Waals surface area contributed by atoms with Crippen LogP contribution in [0.3, 0.4) is 0 Å². The summed E-state index contributed by atoms with van der Waals surface area (Å²) in [4.78, 5) is 24.2. The standard InChI is InChI=1S/C40H42Cl2FN7O2/c1-24(33-13-7-19-48(33)4)52-40-30-23-45-50(27-16-20-49(26(21-27)15-17-44)34(51)14-8-18-47(2)3)39(30)29-22-32(42)36(37(43)38(29)46-40)28-11-5-9-25-10-6-12-31(41)35(25)28/h5-6,8-12,14,22-24,26-27,33H,7,13,15-16,18-21H2,1-4H3/b14-8+/t24-,26+,27-,33?/m0/s1. The number of piperidine rings is 1. The predicted octanol–water partition coefficient (Wildman–Crippen LogP) is 8.28. The molecule has 1 amide bonds. The van der Waals surface area contributed by atoms with Crippen molar-refractivity contribution in [3.63, 3.8) is 0 Å². The Hall–Kier alpha value is -4.27. The maximum atomic E-state index is 17.2. The van der Waals surface area contributed by atoms with Gasteiger partial charge in [-0.3, -0.25) is 14.4 Å². The molecule has 0 saturated carbocycles. The molecule has 9 nitrogen and oxygen atoms in total. The van der Waals surface area contributed by atoms with Gasteiger partial charge >= 0.3 is 0 Å². The number of hydrogen-bond acceptors (Lipinski definition) is 7. The molecule has 5 aromatic rings.